The Balaban J connectivity index is 1.49. The van der Waals surface area contributed by atoms with Gasteiger partial charge in [0.05, 0.1) is 34.8 Å². The third-order valence-electron chi connectivity index (χ3n) is 6.47. The number of rotatable bonds is 13. The molecule has 0 saturated carbocycles. The van der Waals surface area contributed by atoms with Gasteiger partial charge in [0.2, 0.25) is 0 Å². The van der Waals surface area contributed by atoms with E-state index < -0.39 is 39.1 Å². The van der Waals surface area contributed by atoms with Crippen molar-refractivity contribution in [3.8, 4) is 17.2 Å². The Labute approximate surface area is 270 Å². The van der Waals surface area contributed by atoms with Gasteiger partial charge in [-0.15, -0.1) is 0 Å². The van der Waals surface area contributed by atoms with Gasteiger partial charge < -0.3 is 19.9 Å². The first kappa shape index (κ1) is 33.1. The number of amides is 2. The first-order valence-electron chi connectivity index (χ1n) is 13.4. The highest BCUT2D eigenvalue weighted by Crippen LogP contribution is 2.28. The summed E-state index contributed by atoms with van der Waals surface area (Å²) in [5.74, 6) is -0.805. The van der Waals surface area contributed by atoms with Crippen LogP contribution in [0, 0.1) is 20.2 Å². The molecule has 0 heterocycles. The Morgan fingerprint density at radius 3 is 2.15 bits per heavy atom. The predicted octanol–water partition coefficient (Wildman–Crippen LogP) is 5.05. The van der Waals surface area contributed by atoms with Crippen LogP contribution in [-0.2, 0) is 17.8 Å². The number of phenols is 1. The van der Waals surface area contributed by atoms with Gasteiger partial charge in [-0.1, -0.05) is 40.2 Å². The lowest BCUT2D eigenvalue weighted by atomic mass is 10.0. The smallest absolute Gasteiger partial charge is 0.277 e. The quantitative estimate of drug-likeness (QED) is 0.0976. The number of hydrogen-bond acceptors (Lipinski definition) is 10. The van der Waals surface area contributed by atoms with Crippen molar-refractivity contribution in [3.63, 3.8) is 0 Å². The van der Waals surface area contributed by atoms with Crippen molar-refractivity contribution in [2.24, 2.45) is 5.10 Å². The maximum absolute atomic E-state index is 13.2. The van der Waals surface area contributed by atoms with Gasteiger partial charge in [-0.2, -0.15) is 5.10 Å². The minimum atomic E-state index is -1.27. The molecule has 0 aliphatic carbocycles. The summed E-state index contributed by atoms with van der Waals surface area (Å²) in [6.45, 7) is 0.310. The highest BCUT2D eigenvalue weighted by Gasteiger charge is 2.25. The number of non-ortho nitro benzene ring substituents is 2. The van der Waals surface area contributed by atoms with Crippen molar-refractivity contribution >= 4 is 45.3 Å². The van der Waals surface area contributed by atoms with Gasteiger partial charge in [-0.25, -0.2) is 5.43 Å². The average Bonchev–Trinajstić information content (AvgIpc) is 3.05. The van der Waals surface area contributed by atoms with Crippen LogP contribution < -0.4 is 20.2 Å². The van der Waals surface area contributed by atoms with Gasteiger partial charge in [0, 0.05) is 23.0 Å². The molecule has 1 atom stereocenters. The van der Waals surface area contributed by atoms with Crippen LogP contribution in [-0.4, -0.2) is 46.1 Å². The topological polar surface area (TPSA) is 196 Å². The van der Waals surface area contributed by atoms with E-state index in [-0.39, 0.29) is 17.7 Å². The zero-order valence-corrected chi connectivity index (χ0v) is 25.7. The number of carbonyl (C=O) groups excluding carboxylic acids is 2. The lowest BCUT2D eigenvalue weighted by Gasteiger charge is -2.17. The Morgan fingerprint density at radius 2 is 1.54 bits per heavy atom. The molecule has 0 aromatic heterocycles. The van der Waals surface area contributed by atoms with Crippen molar-refractivity contribution in [2.75, 3.05) is 7.11 Å². The molecule has 0 radical (unpaired) electrons. The van der Waals surface area contributed by atoms with Crippen LogP contribution in [0.3, 0.4) is 0 Å². The average molecular weight is 692 g/mol. The van der Waals surface area contributed by atoms with Gasteiger partial charge in [-0.05, 0) is 59.2 Å². The molecule has 4 aromatic carbocycles. The van der Waals surface area contributed by atoms with Crippen LogP contribution in [0.1, 0.15) is 27.0 Å². The minimum absolute atomic E-state index is 0.0116. The van der Waals surface area contributed by atoms with Crippen molar-refractivity contribution in [2.45, 2.75) is 19.1 Å². The van der Waals surface area contributed by atoms with Crippen molar-refractivity contribution in [1.82, 2.24) is 10.7 Å². The molecule has 15 heteroatoms. The second-order valence-electron chi connectivity index (χ2n) is 9.71. The summed E-state index contributed by atoms with van der Waals surface area (Å²) in [6.07, 6.45) is 1.28. The van der Waals surface area contributed by atoms with E-state index in [2.05, 4.69) is 31.8 Å². The van der Waals surface area contributed by atoms with Gasteiger partial charge in [0.15, 0.2) is 11.5 Å². The van der Waals surface area contributed by atoms with Gasteiger partial charge in [0.25, 0.3) is 23.2 Å². The zero-order valence-electron chi connectivity index (χ0n) is 24.1. The van der Waals surface area contributed by atoms with Crippen LogP contribution >= 0.6 is 15.9 Å². The van der Waals surface area contributed by atoms with Crippen molar-refractivity contribution in [1.29, 1.82) is 0 Å². The third kappa shape index (κ3) is 9.09. The number of nitro groups is 2. The van der Waals surface area contributed by atoms with Crippen LogP contribution in [0.15, 0.2) is 94.5 Å². The summed E-state index contributed by atoms with van der Waals surface area (Å²) in [6, 6.07) is 19.8. The number of hydrazone groups is 1. The molecule has 14 nitrogen and oxygen atoms in total. The maximum atomic E-state index is 13.2. The molecule has 0 fully saturated rings. The van der Waals surface area contributed by atoms with Gasteiger partial charge in [-0.3, -0.25) is 29.8 Å². The fourth-order valence-corrected chi connectivity index (χ4v) is 4.39. The van der Waals surface area contributed by atoms with E-state index >= 15 is 0 Å². The number of halogens is 1. The Hall–Kier alpha value is -5.83. The lowest BCUT2D eigenvalue weighted by Crippen LogP contribution is -2.46. The van der Waals surface area contributed by atoms with Gasteiger partial charge >= 0.3 is 0 Å². The maximum Gasteiger partial charge on any atom is 0.277 e. The van der Waals surface area contributed by atoms with Crippen LogP contribution in [0.2, 0.25) is 0 Å². The normalized spacial score (nSPS) is 11.4. The largest absolute Gasteiger partial charge is 0.508 e. The molecular weight excluding hydrogens is 666 g/mol. The SMILES string of the molecule is COc1cc(C=NNC(=O)C(Cc2ccc(O)cc2)NC(=O)c2cc([N+](=O)[O-])cc([N+](=O)[O-])c2)ccc1OCc1ccc(Br)cc1. The second kappa shape index (κ2) is 15.3. The van der Waals surface area contributed by atoms with Crippen LogP contribution in [0.5, 0.6) is 17.2 Å². The zero-order chi connectivity index (χ0) is 33.2. The Bertz CT molecular complexity index is 1750. The van der Waals surface area contributed by atoms with Crippen LogP contribution in [0.25, 0.3) is 0 Å². The lowest BCUT2D eigenvalue weighted by molar-refractivity contribution is -0.394. The highest BCUT2D eigenvalue weighted by molar-refractivity contribution is 9.10. The molecule has 4 rings (SSSR count). The molecule has 0 aliphatic heterocycles. The number of ether oxygens (including phenoxy) is 2. The fourth-order valence-electron chi connectivity index (χ4n) is 4.13. The van der Waals surface area contributed by atoms with E-state index in [0.717, 1.165) is 28.2 Å². The number of nitrogens with zero attached hydrogens (tertiary/aromatic N) is 3. The highest BCUT2D eigenvalue weighted by atomic mass is 79.9. The molecule has 1 unspecified atom stereocenters. The summed E-state index contributed by atoms with van der Waals surface area (Å²) in [4.78, 5) is 47.1. The molecule has 3 N–H and O–H groups in total. The summed E-state index contributed by atoms with van der Waals surface area (Å²) < 4.78 is 12.3. The number of nitrogens with one attached hydrogen (secondary N) is 2. The van der Waals surface area contributed by atoms with E-state index in [1.165, 1.54) is 37.6 Å². The predicted molar refractivity (Wildman–Crippen MR) is 170 cm³/mol. The number of phenolic OH excluding ortho intramolecular Hbond substituents is 1. The Morgan fingerprint density at radius 1 is 0.913 bits per heavy atom. The summed E-state index contributed by atoms with van der Waals surface area (Å²) in [5, 5.41) is 38.6. The molecule has 0 saturated heterocycles. The molecule has 2 amide bonds. The monoisotopic (exact) mass is 691 g/mol. The molecule has 0 bridgehead atoms. The molecule has 0 aliphatic rings. The summed E-state index contributed by atoms with van der Waals surface area (Å²) >= 11 is 3.39. The fraction of sp³-hybridized carbons (Fsp3) is 0.129. The molecule has 4 aromatic rings. The first-order chi connectivity index (χ1) is 22.0. The number of aromatic hydroxyl groups is 1. The number of hydrogen-bond donors (Lipinski definition) is 3. The Kier molecular flexibility index (Phi) is 11.0. The number of carbonyl (C=O) groups is 2. The molecule has 0 spiro atoms. The molecule has 236 valence electrons. The number of nitro benzene ring substituents is 2. The first-order valence-corrected chi connectivity index (χ1v) is 14.2. The number of methoxy groups -OCH3 is 1. The van der Waals surface area contributed by atoms with E-state index in [1.807, 2.05) is 24.3 Å². The third-order valence-corrected chi connectivity index (χ3v) is 7.00. The van der Waals surface area contributed by atoms with Crippen molar-refractivity contribution < 1.29 is 34.0 Å². The minimum Gasteiger partial charge on any atom is -0.508 e. The van der Waals surface area contributed by atoms with E-state index in [9.17, 15) is 34.9 Å². The summed E-state index contributed by atoms with van der Waals surface area (Å²) in [7, 11) is 1.48. The molecule has 46 heavy (non-hydrogen) atoms. The number of benzene rings is 4. The van der Waals surface area contributed by atoms with E-state index in [0.29, 0.717) is 29.2 Å². The second-order valence-corrected chi connectivity index (χ2v) is 10.6. The standard InChI is InChI=1S/C31H26BrN5O9/c1-45-29-13-21(6-11-28(29)46-18-20-2-7-23(32)8-3-20)17-33-35-31(40)27(12-19-4-9-26(38)10-5-19)34-30(39)22-14-24(36(41)42)16-25(15-22)37(43)44/h2-11,13-17,27,38H,12,18H2,1H3,(H,34,39)(H,35,40). The van der Waals surface area contributed by atoms with Crippen LogP contribution in [0.4, 0.5) is 11.4 Å². The summed E-state index contributed by atoms with van der Waals surface area (Å²) in [5.41, 5.74) is 2.70. The van der Waals surface area contributed by atoms with Gasteiger partial charge in [0.1, 0.15) is 18.4 Å². The van der Waals surface area contributed by atoms with E-state index in [1.54, 1.807) is 18.2 Å². The van der Waals surface area contributed by atoms with Crippen molar-refractivity contribution in [3.05, 3.63) is 132 Å². The van der Waals surface area contributed by atoms with E-state index in [4.69, 9.17) is 9.47 Å². The molecular formula is C31H26BrN5O9.